The van der Waals surface area contributed by atoms with Crippen LogP contribution in [0.3, 0.4) is 0 Å². The summed E-state index contributed by atoms with van der Waals surface area (Å²) in [7, 11) is 3.15. The number of amides is 3. The van der Waals surface area contributed by atoms with Gasteiger partial charge < -0.3 is 15.5 Å². The van der Waals surface area contributed by atoms with Crippen LogP contribution in [0.15, 0.2) is 18.3 Å². The molecule has 0 saturated carbocycles. The summed E-state index contributed by atoms with van der Waals surface area (Å²) in [6.07, 6.45) is -4.04. The Kier molecular flexibility index (Phi) is 6.14. The fourth-order valence-corrected chi connectivity index (χ4v) is 1.46. The van der Waals surface area contributed by atoms with Crippen LogP contribution in [0.1, 0.15) is 22.5 Å². The minimum absolute atomic E-state index is 0.112. The second-order valence-electron chi connectivity index (χ2n) is 4.71. The highest BCUT2D eigenvalue weighted by molar-refractivity contribution is 5.94. The average molecular weight is 318 g/mol. The highest BCUT2D eigenvalue weighted by atomic mass is 19.4. The highest BCUT2D eigenvalue weighted by Crippen LogP contribution is 2.18. The zero-order valence-corrected chi connectivity index (χ0v) is 12.2. The van der Waals surface area contributed by atoms with Gasteiger partial charge in [0.05, 0.1) is 18.7 Å². The van der Waals surface area contributed by atoms with Crippen LogP contribution >= 0.6 is 0 Å². The molecule has 0 radical (unpaired) electrons. The van der Waals surface area contributed by atoms with Crippen LogP contribution in [0.2, 0.25) is 0 Å². The summed E-state index contributed by atoms with van der Waals surface area (Å²) in [4.78, 5) is 28.4. The van der Waals surface area contributed by atoms with Crippen molar-refractivity contribution in [3.8, 4) is 0 Å². The van der Waals surface area contributed by atoms with Crippen molar-refractivity contribution in [2.45, 2.75) is 19.1 Å². The van der Waals surface area contributed by atoms with Crippen molar-refractivity contribution < 1.29 is 22.8 Å². The maximum absolute atomic E-state index is 12.0. The Labute approximate surface area is 125 Å². The molecule has 1 aromatic heterocycles. The van der Waals surface area contributed by atoms with Crippen molar-refractivity contribution in [3.05, 3.63) is 29.6 Å². The molecule has 0 saturated heterocycles. The molecule has 22 heavy (non-hydrogen) atoms. The van der Waals surface area contributed by atoms with Gasteiger partial charge in [-0.25, -0.2) is 4.79 Å². The smallest absolute Gasteiger partial charge is 0.352 e. The SMILES string of the molecule is CN(C)C(=O)NCc1cc(C(=O)NCCC(F)(F)F)ccn1. The lowest BCUT2D eigenvalue weighted by atomic mass is 10.2. The van der Waals surface area contributed by atoms with Gasteiger partial charge in [0.25, 0.3) is 5.91 Å². The van der Waals surface area contributed by atoms with E-state index in [0.29, 0.717) is 5.69 Å². The van der Waals surface area contributed by atoms with Gasteiger partial charge >= 0.3 is 12.2 Å². The Morgan fingerprint density at radius 2 is 1.95 bits per heavy atom. The minimum atomic E-state index is -4.31. The Morgan fingerprint density at radius 1 is 1.27 bits per heavy atom. The van der Waals surface area contributed by atoms with E-state index in [0.717, 1.165) is 0 Å². The maximum atomic E-state index is 12.0. The Balaban J connectivity index is 2.56. The molecule has 0 fully saturated rings. The number of pyridine rings is 1. The molecule has 2 N–H and O–H groups in total. The number of hydrogen-bond acceptors (Lipinski definition) is 3. The number of urea groups is 1. The molecule has 0 atom stereocenters. The summed E-state index contributed by atoms with van der Waals surface area (Å²) < 4.78 is 36.0. The third kappa shape index (κ3) is 6.42. The van der Waals surface area contributed by atoms with E-state index in [1.165, 1.54) is 23.2 Å². The Bertz CT molecular complexity index is 532. The molecule has 6 nitrogen and oxygen atoms in total. The van der Waals surface area contributed by atoms with E-state index in [4.69, 9.17) is 0 Å². The number of nitrogens with one attached hydrogen (secondary N) is 2. The van der Waals surface area contributed by atoms with Crippen molar-refractivity contribution in [1.29, 1.82) is 0 Å². The molecule has 1 rings (SSSR count). The van der Waals surface area contributed by atoms with Crippen LogP contribution in [0.5, 0.6) is 0 Å². The van der Waals surface area contributed by atoms with E-state index in [9.17, 15) is 22.8 Å². The molecule has 0 aliphatic carbocycles. The van der Waals surface area contributed by atoms with Crippen molar-refractivity contribution in [1.82, 2.24) is 20.5 Å². The largest absolute Gasteiger partial charge is 0.390 e. The van der Waals surface area contributed by atoms with Gasteiger partial charge in [0.2, 0.25) is 0 Å². The summed E-state index contributed by atoms with van der Waals surface area (Å²) in [6, 6.07) is 2.49. The lowest BCUT2D eigenvalue weighted by Crippen LogP contribution is -2.34. The number of alkyl halides is 3. The van der Waals surface area contributed by atoms with Gasteiger partial charge in [0.15, 0.2) is 0 Å². The van der Waals surface area contributed by atoms with Gasteiger partial charge in [-0.15, -0.1) is 0 Å². The van der Waals surface area contributed by atoms with Crippen LogP contribution in [0, 0.1) is 0 Å². The van der Waals surface area contributed by atoms with Crippen LogP contribution in [-0.4, -0.2) is 48.6 Å². The average Bonchev–Trinajstić information content (AvgIpc) is 2.43. The van der Waals surface area contributed by atoms with Gasteiger partial charge in [-0.2, -0.15) is 13.2 Å². The Hall–Kier alpha value is -2.32. The van der Waals surface area contributed by atoms with E-state index in [2.05, 4.69) is 15.6 Å². The number of hydrogen-bond donors (Lipinski definition) is 2. The fraction of sp³-hybridized carbons (Fsp3) is 0.462. The molecule has 0 spiro atoms. The lowest BCUT2D eigenvalue weighted by Gasteiger charge is -2.12. The second kappa shape index (κ2) is 7.62. The van der Waals surface area contributed by atoms with Crippen molar-refractivity contribution in [2.24, 2.45) is 0 Å². The van der Waals surface area contributed by atoms with Crippen molar-refractivity contribution >= 4 is 11.9 Å². The lowest BCUT2D eigenvalue weighted by molar-refractivity contribution is -0.132. The molecule has 0 aromatic carbocycles. The van der Waals surface area contributed by atoms with Crippen LogP contribution in [0.4, 0.5) is 18.0 Å². The summed E-state index contributed by atoms with van der Waals surface area (Å²) in [5.41, 5.74) is 0.616. The molecule has 0 bridgehead atoms. The molecule has 1 aromatic rings. The highest BCUT2D eigenvalue weighted by Gasteiger charge is 2.26. The zero-order chi connectivity index (χ0) is 16.8. The first-order valence-corrected chi connectivity index (χ1v) is 6.44. The normalized spacial score (nSPS) is 11.0. The van der Waals surface area contributed by atoms with E-state index in [1.54, 1.807) is 14.1 Å². The first kappa shape index (κ1) is 17.7. The summed E-state index contributed by atoms with van der Waals surface area (Å²) in [6.45, 7) is -0.377. The first-order chi connectivity index (χ1) is 10.2. The summed E-state index contributed by atoms with van der Waals surface area (Å²) in [5.74, 6) is -0.619. The molecular formula is C13H17F3N4O2. The van der Waals surface area contributed by atoms with Gasteiger partial charge in [0, 0.05) is 32.4 Å². The second-order valence-corrected chi connectivity index (χ2v) is 4.71. The van der Waals surface area contributed by atoms with Gasteiger partial charge in [-0.05, 0) is 12.1 Å². The topological polar surface area (TPSA) is 74.3 Å². The van der Waals surface area contributed by atoms with Crippen molar-refractivity contribution in [3.63, 3.8) is 0 Å². The summed E-state index contributed by atoms with van der Waals surface area (Å²) in [5, 5.41) is 4.76. The molecule has 0 aliphatic rings. The molecule has 0 aliphatic heterocycles. The van der Waals surface area contributed by atoms with E-state index in [1.807, 2.05) is 0 Å². The van der Waals surface area contributed by atoms with E-state index >= 15 is 0 Å². The zero-order valence-electron chi connectivity index (χ0n) is 12.2. The number of halogens is 3. The number of carbonyl (C=O) groups is 2. The quantitative estimate of drug-likeness (QED) is 0.865. The molecule has 3 amide bonds. The fourth-order valence-electron chi connectivity index (χ4n) is 1.46. The number of carbonyl (C=O) groups excluding carboxylic acids is 2. The standard InChI is InChI=1S/C13H17F3N4O2/c1-20(2)12(22)19-8-10-7-9(3-5-17-10)11(21)18-6-4-13(14,15)16/h3,5,7H,4,6,8H2,1-2H3,(H,18,21)(H,19,22). The Morgan fingerprint density at radius 3 is 2.55 bits per heavy atom. The molecule has 0 unspecified atom stereocenters. The molecule has 9 heteroatoms. The third-order valence-corrected chi connectivity index (χ3v) is 2.60. The first-order valence-electron chi connectivity index (χ1n) is 6.44. The molecular weight excluding hydrogens is 301 g/mol. The number of nitrogens with zero attached hydrogens (tertiary/aromatic N) is 2. The van der Waals surface area contributed by atoms with Crippen LogP contribution in [0.25, 0.3) is 0 Å². The predicted octanol–water partition coefficient (Wildman–Crippen LogP) is 1.53. The van der Waals surface area contributed by atoms with E-state index in [-0.39, 0.29) is 18.1 Å². The van der Waals surface area contributed by atoms with Gasteiger partial charge in [-0.3, -0.25) is 9.78 Å². The number of rotatable bonds is 5. The minimum Gasteiger partial charge on any atom is -0.352 e. The molecule has 1 heterocycles. The van der Waals surface area contributed by atoms with Crippen molar-refractivity contribution in [2.75, 3.05) is 20.6 Å². The summed E-state index contributed by atoms with van der Waals surface area (Å²) >= 11 is 0. The predicted molar refractivity (Wildman–Crippen MR) is 73.2 cm³/mol. The van der Waals surface area contributed by atoms with Gasteiger partial charge in [0.1, 0.15) is 0 Å². The maximum Gasteiger partial charge on any atom is 0.390 e. The third-order valence-electron chi connectivity index (χ3n) is 2.60. The number of aromatic nitrogens is 1. The van der Waals surface area contributed by atoms with Crippen LogP contribution in [-0.2, 0) is 6.54 Å². The molecule has 122 valence electrons. The van der Waals surface area contributed by atoms with Crippen LogP contribution < -0.4 is 10.6 Å². The van der Waals surface area contributed by atoms with Gasteiger partial charge in [-0.1, -0.05) is 0 Å². The monoisotopic (exact) mass is 318 g/mol. The van der Waals surface area contributed by atoms with E-state index < -0.39 is 25.0 Å².